The lowest BCUT2D eigenvalue weighted by Crippen LogP contribution is -2.48. The summed E-state index contributed by atoms with van der Waals surface area (Å²) in [5.74, 6) is 0.469. The summed E-state index contributed by atoms with van der Waals surface area (Å²) in [7, 11) is 3.64. The van der Waals surface area contributed by atoms with Crippen LogP contribution >= 0.6 is 0 Å². The van der Waals surface area contributed by atoms with Gasteiger partial charge in [0.05, 0.1) is 18.2 Å². The molecule has 48 heavy (non-hydrogen) atoms. The predicted octanol–water partition coefficient (Wildman–Crippen LogP) is 6.43. The number of nitrogens with one attached hydrogen (secondary N) is 2. The maximum absolute atomic E-state index is 16.1. The van der Waals surface area contributed by atoms with Gasteiger partial charge in [0.2, 0.25) is 5.43 Å². The zero-order valence-corrected chi connectivity index (χ0v) is 26.7. The second-order valence-corrected chi connectivity index (χ2v) is 12.3. The number of anilines is 1. The summed E-state index contributed by atoms with van der Waals surface area (Å²) in [4.78, 5) is 35.0. The van der Waals surface area contributed by atoms with Crippen molar-refractivity contribution in [2.24, 2.45) is 0 Å². The SMILES string of the molecule is COc1ccc2[nH]cc(CCNc3c(F)cc4c(=O)c(C(=O)N5CCN(C)CC5)cn5c4c3Oc3ccc(-c4ccccc4)cc3-5)c2c1. The van der Waals surface area contributed by atoms with Crippen LogP contribution in [-0.2, 0) is 6.42 Å². The quantitative estimate of drug-likeness (QED) is 0.208. The zero-order chi connectivity index (χ0) is 32.9. The second kappa shape index (κ2) is 11.9. The monoisotopic (exact) mass is 643 g/mol. The van der Waals surface area contributed by atoms with E-state index in [4.69, 9.17) is 9.47 Å². The van der Waals surface area contributed by atoms with E-state index >= 15 is 4.39 Å². The molecule has 1 fully saturated rings. The fourth-order valence-corrected chi connectivity index (χ4v) is 6.74. The van der Waals surface area contributed by atoms with Gasteiger partial charge in [-0.2, -0.15) is 0 Å². The van der Waals surface area contributed by atoms with Crippen molar-refractivity contribution in [1.82, 2.24) is 19.4 Å². The average Bonchev–Trinajstić information content (AvgIpc) is 3.52. The average molecular weight is 644 g/mol. The number of methoxy groups -OCH3 is 1. The summed E-state index contributed by atoms with van der Waals surface area (Å²) in [6.07, 6.45) is 4.14. The molecule has 0 aliphatic carbocycles. The van der Waals surface area contributed by atoms with Crippen molar-refractivity contribution in [2.45, 2.75) is 6.42 Å². The van der Waals surface area contributed by atoms with Crippen LogP contribution in [0, 0.1) is 5.82 Å². The largest absolute Gasteiger partial charge is 0.497 e. The summed E-state index contributed by atoms with van der Waals surface area (Å²) in [5, 5.41) is 4.38. The van der Waals surface area contributed by atoms with Crippen molar-refractivity contribution >= 4 is 33.4 Å². The van der Waals surface area contributed by atoms with Crippen LogP contribution in [-0.4, -0.2) is 72.1 Å². The van der Waals surface area contributed by atoms with Gasteiger partial charge in [0.1, 0.15) is 22.5 Å². The number of carbonyl (C=O) groups is 1. The van der Waals surface area contributed by atoms with Crippen molar-refractivity contribution in [3.8, 4) is 34.1 Å². The van der Waals surface area contributed by atoms with Crippen molar-refractivity contribution in [2.75, 3.05) is 52.2 Å². The van der Waals surface area contributed by atoms with Crippen LogP contribution in [0.3, 0.4) is 0 Å². The van der Waals surface area contributed by atoms with Crippen LogP contribution in [0.15, 0.2) is 90.0 Å². The number of hydrogen-bond donors (Lipinski definition) is 2. The fourth-order valence-electron chi connectivity index (χ4n) is 6.74. The van der Waals surface area contributed by atoms with Gasteiger partial charge in [-0.15, -0.1) is 0 Å². The van der Waals surface area contributed by atoms with Crippen LogP contribution in [0.4, 0.5) is 10.1 Å². The number of pyridine rings is 1. The number of ether oxygens (including phenoxy) is 2. The molecule has 242 valence electrons. The molecule has 0 radical (unpaired) electrons. The lowest BCUT2D eigenvalue weighted by molar-refractivity contribution is 0.0662. The Hall–Kier alpha value is -5.61. The molecule has 0 saturated carbocycles. The molecule has 6 aromatic rings. The van der Waals surface area contributed by atoms with E-state index in [-0.39, 0.29) is 28.3 Å². The van der Waals surface area contributed by atoms with Crippen LogP contribution in [0.1, 0.15) is 15.9 Å². The molecular formula is C38H34FN5O4. The molecule has 4 heterocycles. The number of likely N-dealkylation sites (N-methyl/N-ethyl adjacent to an activating group) is 1. The Kier molecular flexibility index (Phi) is 7.37. The van der Waals surface area contributed by atoms with Gasteiger partial charge in [-0.3, -0.25) is 9.59 Å². The van der Waals surface area contributed by atoms with E-state index in [9.17, 15) is 9.59 Å². The molecule has 4 aromatic carbocycles. The number of nitrogens with zero attached hydrogens (tertiary/aromatic N) is 3. The third kappa shape index (κ3) is 5.05. The number of halogens is 1. The lowest BCUT2D eigenvalue weighted by Gasteiger charge is -2.32. The zero-order valence-electron chi connectivity index (χ0n) is 26.7. The molecule has 2 N–H and O–H groups in total. The molecule has 10 heteroatoms. The maximum atomic E-state index is 16.1. The molecule has 0 atom stereocenters. The van der Waals surface area contributed by atoms with Gasteiger partial charge >= 0.3 is 0 Å². The van der Waals surface area contributed by atoms with Gasteiger partial charge in [-0.1, -0.05) is 36.4 Å². The molecular weight excluding hydrogens is 609 g/mol. The molecule has 1 amide bonds. The van der Waals surface area contributed by atoms with Crippen molar-refractivity contribution in [1.29, 1.82) is 0 Å². The summed E-state index contributed by atoms with van der Waals surface area (Å²) >= 11 is 0. The van der Waals surface area contributed by atoms with Crippen LogP contribution < -0.4 is 20.2 Å². The minimum Gasteiger partial charge on any atom is -0.497 e. The van der Waals surface area contributed by atoms with E-state index < -0.39 is 11.2 Å². The summed E-state index contributed by atoms with van der Waals surface area (Å²) < 4.78 is 29.8. The minimum atomic E-state index is -0.629. The van der Waals surface area contributed by atoms with Gasteiger partial charge in [0, 0.05) is 56.0 Å². The highest BCUT2D eigenvalue weighted by molar-refractivity contribution is 6.01. The summed E-state index contributed by atoms with van der Waals surface area (Å²) in [6.45, 7) is 2.84. The molecule has 0 unspecified atom stereocenters. The molecule has 2 aliphatic heterocycles. The van der Waals surface area contributed by atoms with E-state index in [0.717, 1.165) is 33.3 Å². The number of benzene rings is 4. The smallest absolute Gasteiger partial charge is 0.259 e. The highest BCUT2D eigenvalue weighted by Crippen LogP contribution is 2.46. The number of rotatable bonds is 7. The van der Waals surface area contributed by atoms with E-state index in [1.54, 1.807) is 18.2 Å². The van der Waals surface area contributed by atoms with E-state index in [1.165, 1.54) is 6.07 Å². The number of fused-ring (bicyclic) bond motifs is 3. The van der Waals surface area contributed by atoms with Crippen molar-refractivity contribution in [3.05, 3.63) is 112 Å². The summed E-state index contributed by atoms with van der Waals surface area (Å²) in [6, 6.07) is 22.8. The topological polar surface area (TPSA) is 91.8 Å². The van der Waals surface area contributed by atoms with E-state index in [2.05, 4.69) is 15.2 Å². The standard InChI is InChI=1S/C38H34FN5O4/c1-42-14-16-43(17-15-42)38(46)29-22-44-32-18-24(23-6-4-3-5-7-23)8-11-33(32)48-37-34(30(39)20-28(35(37)44)36(29)45)40-13-12-25-21-41-31-10-9-26(47-2)19-27(25)31/h3-11,18-22,40-41H,12-17H2,1-2H3. The number of carbonyl (C=O) groups excluding carboxylic acids is 1. The van der Waals surface area contributed by atoms with Gasteiger partial charge in [0.15, 0.2) is 17.3 Å². The molecule has 2 aliphatic rings. The number of H-pyrrole nitrogens is 1. The highest BCUT2D eigenvalue weighted by Gasteiger charge is 2.30. The van der Waals surface area contributed by atoms with Crippen LogP contribution in [0.2, 0.25) is 0 Å². The first-order chi connectivity index (χ1) is 23.4. The van der Waals surface area contributed by atoms with Crippen molar-refractivity contribution in [3.63, 3.8) is 0 Å². The van der Waals surface area contributed by atoms with E-state index in [1.807, 2.05) is 84.5 Å². The molecule has 9 nitrogen and oxygen atoms in total. The number of hydrogen-bond acceptors (Lipinski definition) is 6. The first kappa shape index (κ1) is 29.8. The maximum Gasteiger partial charge on any atom is 0.259 e. The van der Waals surface area contributed by atoms with Gasteiger partial charge in [-0.05, 0) is 66.6 Å². The van der Waals surface area contributed by atoms with Gasteiger partial charge in [-0.25, -0.2) is 4.39 Å². The predicted molar refractivity (Wildman–Crippen MR) is 185 cm³/mol. The summed E-state index contributed by atoms with van der Waals surface area (Å²) in [5.41, 5.74) is 4.70. The second-order valence-electron chi connectivity index (χ2n) is 12.3. The third-order valence-corrected chi connectivity index (χ3v) is 9.42. The molecule has 8 rings (SSSR count). The number of piperazine rings is 1. The molecule has 1 saturated heterocycles. The molecule has 0 bridgehead atoms. The third-order valence-electron chi connectivity index (χ3n) is 9.42. The van der Waals surface area contributed by atoms with Crippen LogP contribution in [0.5, 0.6) is 17.2 Å². The fraction of sp³-hybridized carbons (Fsp3) is 0.211. The number of aromatic amines is 1. The van der Waals surface area contributed by atoms with E-state index in [0.29, 0.717) is 56.1 Å². The molecule has 2 aromatic heterocycles. The van der Waals surface area contributed by atoms with Gasteiger partial charge < -0.3 is 34.1 Å². The lowest BCUT2D eigenvalue weighted by atomic mass is 10.0. The Morgan fingerprint density at radius 1 is 0.979 bits per heavy atom. The van der Waals surface area contributed by atoms with Crippen molar-refractivity contribution < 1.29 is 18.7 Å². The highest BCUT2D eigenvalue weighted by atomic mass is 19.1. The minimum absolute atomic E-state index is 0.00541. The Bertz CT molecular complexity index is 2270. The first-order valence-corrected chi connectivity index (χ1v) is 16.0. The molecule has 0 spiro atoms. The normalized spacial score (nSPS) is 14.2. The van der Waals surface area contributed by atoms with Gasteiger partial charge in [0.25, 0.3) is 5.91 Å². The first-order valence-electron chi connectivity index (χ1n) is 16.0. The number of amides is 1. The van der Waals surface area contributed by atoms with Crippen LogP contribution in [0.25, 0.3) is 38.6 Å². The Balaban J connectivity index is 1.23. The Morgan fingerprint density at radius 2 is 1.79 bits per heavy atom. The Labute approximate surface area is 276 Å². The Morgan fingerprint density at radius 3 is 2.58 bits per heavy atom. The number of aromatic nitrogens is 2.